The summed E-state index contributed by atoms with van der Waals surface area (Å²) in [5.74, 6) is 0.358. The fraction of sp³-hybridized carbons (Fsp3) is 0.926. The van der Waals surface area contributed by atoms with Crippen LogP contribution in [0.3, 0.4) is 0 Å². The van der Waals surface area contributed by atoms with Gasteiger partial charge in [0.1, 0.15) is 6.10 Å². The second-order valence-corrected chi connectivity index (χ2v) is 9.17. The largest absolute Gasteiger partial charge is 0.466 e. The molecule has 0 radical (unpaired) electrons. The van der Waals surface area contributed by atoms with Crippen LogP contribution in [0.5, 0.6) is 0 Å². The fourth-order valence-electron chi connectivity index (χ4n) is 4.03. The lowest BCUT2D eigenvalue weighted by atomic mass is 9.97. The summed E-state index contributed by atoms with van der Waals surface area (Å²) < 4.78 is 11.0. The lowest BCUT2D eigenvalue weighted by Crippen LogP contribution is -2.24. The summed E-state index contributed by atoms with van der Waals surface area (Å²) in [5.41, 5.74) is 0. The molecule has 0 saturated carbocycles. The van der Waals surface area contributed by atoms with Gasteiger partial charge in [-0.2, -0.15) is 0 Å². The first-order valence-electron chi connectivity index (χ1n) is 13.4. The van der Waals surface area contributed by atoms with Gasteiger partial charge >= 0.3 is 11.9 Å². The molecule has 4 heteroatoms. The average Bonchev–Trinajstić information content (AvgIpc) is 2.75. The molecule has 0 amide bonds. The molecule has 0 bridgehead atoms. The highest BCUT2D eigenvalue weighted by atomic mass is 16.5. The zero-order valence-electron chi connectivity index (χ0n) is 21.2. The first kappa shape index (κ1) is 29.9. The Morgan fingerprint density at radius 1 is 0.645 bits per heavy atom. The molecule has 0 aliphatic heterocycles. The van der Waals surface area contributed by atoms with Crippen LogP contribution in [0, 0.1) is 5.92 Å². The number of rotatable bonds is 22. The molecule has 0 aliphatic carbocycles. The predicted molar refractivity (Wildman–Crippen MR) is 130 cm³/mol. The second kappa shape index (κ2) is 22.1. The third-order valence-electron chi connectivity index (χ3n) is 6.09. The Labute approximate surface area is 193 Å². The summed E-state index contributed by atoms with van der Waals surface area (Å²) >= 11 is 0. The van der Waals surface area contributed by atoms with E-state index in [9.17, 15) is 9.59 Å². The van der Waals surface area contributed by atoms with Crippen LogP contribution < -0.4 is 0 Å². The molecule has 0 heterocycles. The van der Waals surface area contributed by atoms with E-state index in [1.54, 1.807) is 0 Å². The van der Waals surface area contributed by atoms with Gasteiger partial charge < -0.3 is 9.47 Å². The fourth-order valence-corrected chi connectivity index (χ4v) is 4.03. The van der Waals surface area contributed by atoms with E-state index in [-0.39, 0.29) is 18.0 Å². The molecule has 31 heavy (non-hydrogen) atoms. The van der Waals surface area contributed by atoms with Crippen molar-refractivity contribution in [3.8, 4) is 0 Å². The molecular weight excluding hydrogens is 388 g/mol. The quantitative estimate of drug-likeness (QED) is 0.126. The van der Waals surface area contributed by atoms with E-state index in [0.29, 0.717) is 25.4 Å². The number of hydrogen-bond donors (Lipinski definition) is 0. The molecule has 0 aliphatic rings. The minimum atomic E-state index is -0.0449. The summed E-state index contributed by atoms with van der Waals surface area (Å²) in [7, 11) is 0. The van der Waals surface area contributed by atoms with Crippen molar-refractivity contribution < 1.29 is 19.1 Å². The zero-order chi connectivity index (χ0) is 23.2. The molecule has 0 aromatic rings. The highest BCUT2D eigenvalue weighted by Gasteiger charge is 2.18. The van der Waals surface area contributed by atoms with E-state index in [1.807, 2.05) is 0 Å². The summed E-state index contributed by atoms with van der Waals surface area (Å²) in [4.78, 5) is 23.8. The van der Waals surface area contributed by atoms with Gasteiger partial charge in [-0.05, 0) is 38.0 Å². The molecule has 0 rings (SSSR count). The van der Waals surface area contributed by atoms with E-state index >= 15 is 0 Å². The molecule has 4 nitrogen and oxygen atoms in total. The van der Waals surface area contributed by atoms with Gasteiger partial charge in [-0.3, -0.25) is 9.59 Å². The molecule has 184 valence electrons. The average molecular weight is 441 g/mol. The van der Waals surface area contributed by atoms with Gasteiger partial charge in [-0.1, -0.05) is 98.3 Å². The van der Waals surface area contributed by atoms with Gasteiger partial charge in [0, 0.05) is 12.8 Å². The van der Waals surface area contributed by atoms with Crippen LogP contribution in [-0.2, 0) is 19.1 Å². The topological polar surface area (TPSA) is 52.6 Å². The second-order valence-electron chi connectivity index (χ2n) is 9.17. The van der Waals surface area contributed by atoms with E-state index < -0.39 is 0 Å². The minimum Gasteiger partial charge on any atom is -0.466 e. The lowest BCUT2D eigenvalue weighted by molar-refractivity contribution is -0.152. The number of unbranched alkanes of at least 4 members (excludes halogenated alkanes) is 11. The van der Waals surface area contributed by atoms with E-state index in [4.69, 9.17) is 9.47 Å². The Bertz CT molecular complexity index is 421. The maximum atomic E-state index is 12.0. The lowest BCUT2D eigenvalue weighted by Gasteiger charge is -2.22. The molecular formula is C27H52O4. The maximum Gasteiger partial charge on any atom is 0.306 e. The van der Waals surface area contributed by atoms with Gasteiger partial charge in [0.2, 0.25) is 0 Å². The van der Waals surface area contributed by atoms with Crippen LogP contribution in [0.15, 0.2) is 0 Å². The van der Waals surface area contributed by atoms with Crippen LogP contribution in [0.4, 0.5) is 0 Å². The van der Waals surface area contributed by atoms with Crippen LogP contribution in [0.25, 0.3) is 0 Å². The molecule has 0 fully saturated rings. The maximum absolute atomic E-state index is 12.0. The van der Waals surface area contributed by atoms with Crippen molar-refractivity contribution >= 4 is 11.9 Å². The number of carbonyl (C=O) groups excluding carboxylic acids is 2. The summed E-state index contributed by atoms with van der Waals surface area (Å²) in [6.07, 6.45) is 19.1. The summed E-state index contributed by atoms with van der Waals surface area (Å²) in [6.45, 7) is 9.26. The van der Waals surface area contributed by atoms with Gasteiger partial charge in [-0.25, -0.2) is 0 Å². The molecule has 0 N–H and O–H groups in total. The molecule has 0 aromatic carbocycles. The van der Waals surface area contributed by atoms with E-state index in [2.05, 4.69) is 27.7 Å². The monoisotopic (exact) mass is 440 g/mol. The number of ether oxygens (including phenoxy) is 2. The van der Waals surface area contributed by atoms with Crippen LogP contribution in [0.2, 0.25) is 0 Å². The minimum absolute atomic E-state index is 0.0430. The molecule has 0 spiro atoms. The molecule has 2 atom stereocenters. The van der Waals surface area contributed by atoms with E-state index in [0.717, 1.165) is 64.2 Å². The Morgan fingerprint density at radius 3 is 1.71 bits per heavy atom. The smallest absolute Gasteiger partial charge is 0.306 e. The van der Waals surface area contributed by atoms with Crippen molar-refractivity contribution in [1.82, 2.24) is 0 Å². The summed E-state index contributed by atoms with van der Waals surface area (Å²) in [6, 6.07) is 0. The van der Waals surface area contributed by atoms with Crippen LogP contribution >= 0.6 is 0 Å². The Kier molecular flexibility index (Phi) is 21.4. The number of esters is 2. The van der Waals surface area contributed by atoms with Crippen LogP contribution in [0.1, 0.15) is 143 Å². The van der Waals surface area contributed by atoms with Gasteiger partial charge in [0.15, 0.2) is 0 Å². The first-order valence-corrected chi connectivity index (χ1v) is 13.4. The number of hydrogen-bond acceptors (Lipinski definition) is 4. The normalized spacial score (nSPS) is 13.0. The van der Waals surface area contributed by atoms with Crippen molar-refractivity contribution in [2.75, 3.05) is 6.61 Å². The summed E-state index contributed by atoms with van der Waals surface area (Å²) in [5, 5.41) is 0. The van der Waals surface area contributed by atoms with E-state index in [1.165, 1.54) is 38.5 Å². The highest BCUT2D eigenvalue weighted by molar-refractivity contribution is 5.69. The van der Waals surface area contributed by atoms with Crippen molar-refractivity contribution in [3.63, 3.8) is 0 Å². The molecule has 0 saturated heterocycles. The van der Waals surface area contributed by atoms with Crippen molar-refractivity contribution in [2.45, 2.75) is 149 Å². The van der Waals surface area contributed by atoms with Crippen molar-refractivity contribution in [2.24, 2.45) is 5.92 Å². The first-order chi connectivity index (χ1) is 15.0. The van der Waals surface area contributed by atoms with Crippen molar-refractivity contribution in [1.29, 1.82) is 0 Å². The third kappa shape index (κ3) is 19.4. The Morgan fingerprint density at radius 2 is 1.16 bits per heavy atom. The predicted octanol–water partition coefficient (Wildman–Crippen LogP) is 8.16. The van der Waals surface area contributed by atoms with Gasteiger partial charge in [-0.15, -0.1) is 0 Å². The standard InChI is InChI=1S/C27H52O4/c1-5-8-9-10-13-16-19-23-30-26(28)21-17-14-11-12-15-18-22-27(29)31-25(7-3)24(4)20-6-2/h24-25H,5-23H2,1-4H3. The Hall–Kier alpha value is -1.06. The molecule has 0 aromatic heterocycles. The SMILES string of the molecule is CCCCCCCCCOC(=O)CCCCCCCCC(=O)OC(CC)C(C)CCC. The van der Waals surface area contributed by atoms with Crippen molar-refractivity contribution in [3.05, 3.63) is 0 Å². The van der Waals surface area contributed by atoms with Gasteiger partial charge in [0.25, 0.3) is 0 Å². The molecule has 2 unspecified atom stereocenters. The Balaban J connectivity index is 3.48. The van der Waals surface area contributed by atoms with Crippen LogP contribution in [-0.4, -0.2) is 24.6 Å². The van der Waals surface area contributed by atoms with Gasteiger partial charge in [0.05, 0.1) is 6.61 Å². The highest BCUT2D eigenvalue weighted by Crippen LogP contribution is 2.18. The third-order valence-corrected chi connectivity index (χ3v) is 6.09. The number of carbonyl (C=O) groups is 2. The zero-order valence-corrected chi connectivity index (χ0v) is 21.2.